The molecule has 1 atom stereocenters. The molecule has 1 N–H and O–H groups in total. The van der Waals surface area contributed by atoms with E-state index in [1.54, 1.807) is 13.2 Å². The number of hydrogen-bond donors (Lipinski definition) is 1. The Morgan fingerprint density at radius 2 is 2.16 bits per heavy atom. The summed E-state index contributed by atoms with van der Waals surface area (Å²) in [6.45, 7) is 1.27. The summed E-state index contributed by atoms with van der Waals surface area (Å²) >= 11 is 17.4. The summed E-state index contributed by atoms with van der Waals surface area (Å²) in [4.78, 5) is 4.61. The average Bonchev–Trinajstić information content (AvgIpc) is 3.10. The van der Waals surface area contributed by atoms with Crippen LogP contribution >= 0.6 is 35.4 Å². The van der Waals surface area contributed by atoms with Crippen LogP contribution in [0.15, 0.2) is 30.5 Å². The maximum atomic E-state index is 6.13. The van der Waals surface area contributed by atoms with Crippen molar-refractivity contribution in [2.24, 2.45) is 0 Å². The Morgan fingerprint density at radius 3 is 2.84 bits per heavy atom. The number of halogens is 2. The van der Waals surface area contributed by atoms with Crippen LogP contribution in [0.5, 0.6) is 11.5 Å². The first-order chi connectivity index (χ1) is 12.1. The van der Waals surface area contributed by atoms with E-state index >= 15 is 0 Å². The molecular weight excluding hydrogens is 383 g/mol. The summed E-state index contributed by atoms with van der Waals surface area (Å²) < 4.78 is 16.7. The van der Waals surface area contributed by atoms with Crippen molar-refractivity contribution >= 4 is 46.2 Å². The minimum atomic E-state index is 0.0121. The average molecular weight is 399 g/mol. The molecule has 1 saturated heterocycles. The van der Waals surface area contributed by atoms with Crippen LogP contribution in [0.2, 0.25) is 10.0 Å². The molecule has 0 amide bonds. The molecule has 25 heavy (non-hydrogen) atoms. The molecule has 0 spiro atoms. The fraction of sp³-hybridized carbons (Fsp3) is 0.294. The third-order valence-corrected chi connectivity index (χ3v) is 4.48. The van der Waals surface area contributed by atoms with E-state index in [1.165, 1.54) is 6.20 Å². The molecule has 2 heterocycles. The summed E-state index contributed by atoms with van der Waals surface area (Å²) in [5.41, 5.74) is 0.762. The molecule has 8 heteroatoms. The summed E-state index contributed by atoms with van der Waals surface area (Å²) in [5.74, 6) is 1.70. The SMILES string of the molecule is COc1ccc(C(=S)Nc2ncc(Cl)cc2Cl)cc1OC1CCOC1. The van der Waals surface area contributed by atoms with E-state index in [0.717, 1.165) is 12.0 Å². The first-order valence-electron chi connectivity index (χ1n) is 7.61. The summed E-state index contributed by atoms with van der Waals surface area (Å²) in [6.07, 6.45) is 2.36. The molecule has 1 aliphatic heterocycles. The zero-order valence-corrected chi connectivity index (χ0v) is 15.7. The van der Waals surface area contributed by atoms with Gasteiger partial charge >= 0.3 is 0 Å². The number of anilines is 1. The van der Waals surface area contributed by atoms with Crippen molar-refractivity contribution in [1.29, 1.82) is 0 Å². The highest BCUT2D eigenvalue weighted by Crippen LogP contribution is 2.31. The topological polar surface area (TPSA) is 52.6 Å². The largest absolute Gasteiger partial charge is 0.493 e. The number of nitrogens with one attached hydrogen (secondary N) is 1. The fourth-order valence-corrected chi connectivity index (χ4v) is 3.03. The van der Waals surface area contributed by atoms with Gasteiger partial charge in [0, 0.05) is 18.2 Å². The summed E-state index contributed by atoms with van der Waals surface area (Å²) in [6, 6.07) is 7.08. The molecule has 5 nitrogen and oxygen atoms in total. The normalized spacial score (nSPS) is 16.5. The van der Waals surface area contributed by atoms with Gasteiger partial charge in [0.05, 0.1) is 30.4 Å². The maximum Gasteiger partial charge on any atom is 0.162 e. The van der Waals surface area contributed by atoms with Crippen molar-refractivity contribution in [3.8, 4) is 11.5 Å². The highest BCUT2D eigenvalue weighted by atomic mass is 35.5. The zero-order chi connectivity index (χ0) is 17.8. The van der Waals surface area contributed by atoms with E-state index in [-0.39, 0.29) is 6.10 Å². The number of ether oxygens (including phenoxy) is 3. The van der Waals surface area contributed by atoms with E-state index < -0.39 is 0 Å². The molecular formula is C17H16Cl2N2O3S. The predicted molar refractivity (Wildman–Crippen MR) is 102 cm³/mol. The molecule has 1 fully saturated rings. The molecule has 2 aromatic rings. The van der Waals surface area contributed by atoms with Gasteiger partial charge in [-0.25, -0.2) is 4.98 Å². The van der Waals surface area contributed by atoms with Crippen LogP contribution in [-0.2, 0) is 4.74 Å². The molecule has 1 aromatic carbocycles. The first-order valence-corrected chi connectivity index (χ1v) is 8.78. The van der Waals surface area contributed by atoms with Gasteiger partial charge in [-0.05, 0) is 24.3 Å². The highest BCUT2D eigenvalue weighted by Gasteiger charge is 2.20. The molecule has 0 saturated carbocycles. The van der Waals surface area contributed by atoms with E-state index in [1.807, 2.05) is 18.2 Å². The second kappa shape index (κ2) is 8.19. The third-order valence-electron chi connectivity index (χ3n) is 3.65. The quantitative estimate of drug-likeness (QED) is 0.755. The summed E-state index contributed by atoms with van der Waals surface area (Å²) in [7, 11) is 1.60. The van der Waals surface area contributed by atoms with Gasteiger partial charge in [-0.1, -0.05) is 35.4 Å². The molecule has 1 aliphatic rings. The maximum absolute atomic E-state index is 6.13. The van der Waals surface area contributed by atoms with Crippen molar-refractivity contribution in [2.45, 2.75) is 12.5 Å². The van der Waals surface area contributed by atoms with Crippen molar-refractivity contribution in [3.63, 3.8) is 0 Å². The van der Waals surface area contributed by atoms with Crippen molar-refractivity contribution in [2.75, 3.05) is 25.6 Å². The number of benzene rings is 1. The monoisotopic (exact) mass is 398 g/mol. The Kier molecular flexibility index (Phi) is 5.96. The minimum Gasteiger partial charge on any atom is -0.493 e. The molecule has 3 rings (SSSR count). The Bertz CT molecular complexity index is 782. The minimum absolute atomic E-state index is 0.0121. The lowest BCUT2D eigenvalue weighted by atomic mass is 10.2. The van der Waals surface area contributed by atoms with Crippen LogP contribution in [0.3, 0.4) is 0 Å². The zero-order valence-electron chi connectivity index (χ0n) is 13.4. The van der Waals surface area contributed by atoms with Crippen molar-refractivity contribution in [1.82, 2.24) is 4.98 Å². The predicted octanol–water partition coefficient (Wildman–Crippen LogP) is 4.35. The van der Waals surface area contributed by atoms with Crippen molar-refractivity contribution < 1.29 is 14.2 Å². The fourth-order valence-electron chi connectivity index (χ4n) is 2.38. The Balaban J connectivity index is 1.79. The molecule has 0 radical (unpaired) electrons. The van der Waals surface area contributed by atoms with Crippen LogP contribution < -0.4 is 14.8 Å². The first kappa shape index (κ1) is 18.2. The lowest BCUT2D eigenvalue weighted by Crippen LogP contribution is -2.17. The number of rotatable bonds is 5. The van der Waals surface area contributed by atoms with E-state index in [2.05, 4.69) is 10.3 Å². The summed E-state index contributed by atoms with van der Waals surface area (Å²) in [5, 5.41) is 3.87. The standard InChI is InChI=1S/C17H16Cl2N2O3S/c1-22-14-3-2-10(6-15(14)24-12-4-5-23-9-12)17(25)21-16-13(19)7-11(18)8-20-16/h2-3,6-8,12H,4-5,9H2,1H3,(H,20,21,25). The third kappa shape index (κ3) is 4.52. The van der Waals surface area contributed by atoms with E-state index in [4.69, 9.17) is 49.6 Å². The number of nitrogens with zero attached hydrogens (tertiary/aromatic N) is 1. The van der Waals surface area contributed by atoms with Crippen LogP contribution in [0.1, 0.15) is 12.0 Å². The Labute approximate surface area is 161 Å². The van der Waals surface area contributed by atoms with Crippen LogP contribution in [0.25, 0.3) is 0 Å². The van der Waals surface area contributed by atoms with Gasteiger partial charge < -0.3 is 19.5 Å². The second-order valence-electron chi connectivity index (χ2n) is 5.41. The number of pyridine rings is 1. The number of aromatic nitrogens is 1. The van der Waals surface area contributed by atoms with Crippen molar-refractivity contribution in [3.05, 3.63) is 46.1 Å². The van der Waals surface area contributed by atoms with Gasteiger partial charge in [0.25, 0.3) is 0 Å². The van der Waals surface area contributed by atoms with Crippen LogP contribution in [0.4, 0.5) is 5.82 Å². The van der Waals surface area contributed by atoms with Gasteiger partial charge in [0.2, 0.25) is 0 Å². The molecule has 132 valence electrons. The van der Waals surface area contributed by atoms with E-state index in [0.29, 0.717) is 45.6 Å². The van der Waals surface area contributed by atoms with Gasteiger partial charge in [-0.2, -0.15) is 0 Å². The Morgan fingerprint density at radius 1 is 1.32 bits per heavy atom. The smallest absolute Gasteiger partial charge is 0.162 e. The molecule has 0 aliphatic carbocycles. The number of thiocarbonyl (C=S) groups is 1. The van der Waals surface area contributed by atoms with Gasteiger partial charge in [-0.3, -0.25) is 0 Å². The van der Waals surface area contributed by atoms with Crippen LogP contribution in [-0.4, -0.2) is 36.4 Å². The Hall–Kier alpha value is -1.60. The molecule has 1 aromatic heterocycles. The van der Waals surface area contributed by atoms with E-state index in [9.17, 15) is 0 Å². The van der Waals surface area contributed by atoms with Crippen LogP contribution in [0, 0.1) is 0 Å². The lowest BCUT2D eigenvalue weighted by Gasteiger charge is -2.16. The molecule has 1 unspecified atom stereocenters. The van der Waals surface area contributed by atoms with Gasteiger partial charge in [0.1, 0.15) is 16.9 Å². The number of methoxy groups -OCH3 is 1. The lowest BCUT2D eigenvalue weighted by molar-refractivity contribution is 0.138. The second-order valence-corrected chi connectivity index (χ2v) is 6.66. The number of hydrogen-bond acceptors (Lipinski definition) is 5. The highest BCUT2D eigenvalue weighted by molar-refractivity contribution is 7.81. The molecule has 0 bridgehead atoms. The van der Waals surface area contributed by atoms with Gasteiger partial charge in [0.15, 0.2) is 11.5 Å². The van der Waals surface area contributed by atoms with Gasteiger partial charge in [-0.15, -0.1) is 0 Å².